The van der Waals surface area contributed by atoms with Crippen LogP contribution in [0, 0.1) is 0 Å². The topological polar surface area (TPSA) is 91.3 Å². The molecular formula is C15H12F3N3O3. The number of halogens is 3. The molecule has 0 saturated heterocycles. The number of aromatic nitrogens is 1. The van der Waals surface area contributed by atoms with Crippen molar-refractivity contribution in [1.82, 2.24) is 4.98 Å². The molecule has 1 heterocycles. The predicted octanol–water partition coefficient (Wildman–Crippen LogP) is 3.01. The molecule has 3 N–H and O–H groups in total. The number of anilines is 2. The number of amides is 1. The molecule has 0 fully saturated rings. The molecule has 0 aliphatic rings. The Morgan fingerprint density at radius 2 is 1.79 bits per heavy atom. The minimum atomic E-state index is -4.40. The Kier molecular flexibility index (Phi) is 5.02. The molecule has 0 bridgehead atoms. The van der Waals surface area contributed by atoms with E-state index in [4.69, 9.17) is 5.11 Å². The summed E-state index contributed by atoms with van der Waals surface area (Å²) >= 11 is 0. The monoisotopic (exact) mass is 339 g/mol. The van der Waals surface area contributed by atoms with Crippen molar-refractivity contribution in [2.45, 2.75) is 6.18 Å². The van der Waals surface area contributed by atoms with Gasteiger partial charge in [-0.05, 0) is 24.3 Å². The Morgan fingerprint density at radius 1 is 1.12 bits per heavy atom. The van der Waals surface area contributed by atoms with Crippen LogP contribution in [0.4, 0.5) is 24.5 Å². The van der Waals surface area contributed by atoms with Crippen molar-refractivity contribution in [3.05, 3.63) is 53.9 Å². The molecule has 0 aliphatic carbocycles. The summed E-state index contributed by atoms with van der Waals surface area (Å²) < 4.78 is 36.9. The molecule has 2 rings (SSSR count). The first-order valence-corrected chi connectivity index (χ1v) is 6.66. The maximum atomic E-state index is 12.3. The van der Waals surface area contributed by atoms with Gasteiger partial charge in [0, 0.05) is 11.8 Å². The molecule has 24 heavy (non-hydrogen) atoms. The summed E-state index contributed by atoms with van der Waals surface area (Å²) in [5, 5.41) is 13.5. The molecule has 6 nitrogen and oxygen atoms in total. The molecule has 0 aliphatic heterocycles. The fourth-order valence-electron chi connectivity index (χ4n) is 1.82. The van der Waals surface area contributed by atoms with Crippen molar-refractivity contribution < 1.29 is 27.9 Å². The van der Waals surface area contributed by atoms with E-state index < -0.39 is 24.6 Å². The zero-order valence-corrected chi connectivity index (χ0v) is 12.1. The number of alkyl halides is 3. The third kappa shape index (κ3) is 4.70. The molecule has 1 amide bonds. The first-order valence-electron chi connectivity index (χ1n) is 6.66. The fraction of sp³-hybridized carbons (Fsp3) is 0.133. The Balaban J connectivity index is 2.17. The van der Waals surface area contributed by atoms with E-state index in [2.05, 4.69) is 15.6 Å². The van der Waals surface area contributed by atoms with E-state index >= 15 is 0 Å². The van der Waals surface area contributed by atoms with Crippen LogP contribution in [0.5, 0.6) is 0 Å². The Labute approximate surface area is 134 Å². The normalized spacial score (nSPS) is 11.0. The molecule has 0 spiro atoms. The lowest BCUT2D eigenvalue weighted by Crippen LogP contribution is -2.22. The number of carboxylic acid groups (broad SMARTS) is 1. The Morgan fingerprint density at radius 3 is 2.42 bits per heavy atom. The highest BCUT2D eigenvalue weighted by Crippen LogP contribution is 2.24. The zero-order chi connectivity index (χ0) is 17.7. The number of nitrogens with one attached hydrogen (secondary N) is 2. The van der Waals surface area contributed by atoms with Crippen LogP contribution in [-0.4, -0.2) is 34.7 Å². The van der Waals surface area contributed by atoms with Gasteiger partial charge in [0.2, 0.25) is 0 Å². The second kappa shape index (κ2) is 6.99. The highest BCUT2D eigenvalue weighted by molar-refractivity contribution is 6.06. The lowest BCUT2D eigenvalue weighted by atomic mass is 10.2. The summed E-state index contributed by atoms with van der Waals surface area (Å²) in [5.41, 5.74) is -0.0599. The molecule has 126 valence electrons. The maximum Gasteiger partial charge on any atom is 0.405 e. The second-order valence-electron chi connectivity index (χ2n) is 4.70. The van der Waals surface area contributed by atoms with E-state index in [1.165, 1.54) is 24.3 Å². The van der Waals surface area contributed by atoms with Gasteiger partial charge in [-0.15, -0.1) is 0 Å². The lowest BCUT2D eigenvalue weighted by molar-refractivity contribution is -0.115. The first kappa shape index (κ1) is 17.3. The van der Waals surface area contributed by atoms with Crippen molar-refractivity contribution >= 4 is 23.3 Å². The van der Waals surface area contributed by atoms with Gasteiger partial charge >= 0.3 is 12.1 Å². The molecule has 0 atom stereocenters. The second-order valence-corrected chi connectivity index (χ2v) is 4.70. The van der Waals surface area contributed by atoms with Crippen LogP contribution in [0.1, 0.15) is 20.8 Å². The van der Waals surface area contributed by atoms with E-state index in [1.807, 2.05) is 0 Å². The number of carbonyl (C=O) groups is 2. The van der Waals surface area contributed by atoms with Gasteiger partial charge in [-0.2, -0.15) is 13.2 Å². The van der Waals surface area contributed by atoms with Crippen LogP contribution in [0.15, 0.2) is 42.6 Å². The number of aromatic carboxylic acids is 1. The van der Waals surface area contributed by atoms with Crippen molar-refractivity contribution in [3.63, 3.8) is 0 Å². The predicted molar refractivity (Wildman–Crippen MR) is 80.1 cm³/mol. The third-order valence-corrected chi connectivity index (χ3v) is 2.90. The zero-order valence-electron chi connectivity index (χ0n) is 12.1. The van der Waals surface area contributed by atoms with E-state index in [1.54, 1.807) is 6.07 Å². The molecule has 1 aromatic heterocycles. The van der Waals surface area contributed by atoms with E-state index in [0.717, 1.165) is 12.3 Å². The lowest BCUT2D eigenvalue weighted by Gasteiger charge is -2.14. The highest BCUT2D eigenvalue weighted by atomic mass is 19.4. The first-order chi connectivity index (χ1) is 11.3. The minimum Gasteiger partial charge on any atom is -0.477 e. The van der Waals surface area contributed by atoms with Crippen molar-refractivity contribution in [3.8, 4) is 0 Å². The Bertz CT molecular complexity index is 763. The van der Waals surface area contributed by atoms with Crippen LogP contribution in [-0.2, 0) is 0 Å². The number of nitrogens with zero attached hydrogens (tertiary/aromatic N) is 1. The van der Waals surface area contributed by atoms with Gasteiger partial charge in [0.15, 0.2) is 0 Å². The van der Waals surface area contributed by atoms with Gasteiger partial charge in [0.1, 0.15) is 12.2 Å². The van der Waals surface area contributed by atoms with Gasteiger partial charge in [-0.25, -0.2) is 9.78 Å². The number of hydrogen-bond donors (Lipinski definition) is 3. The van der Waals surface area contributed by atoms with Crippen molar-refractivity contribution in [2.75, 3.05) is 17.2 Å². The summed E-state index contributed by atoms with van der Waals surface area (Å²) in [6, 6.07) is 8.25. The fourth-order valence-corrected chi connectivity index (χ4v) is 1.82. The van der Waals surface area contributed by atoms with Gasteiger partial charge in [-0.1, -0.05) is 12.1 Å². The Hall–Kier alpha value is -3.10. The number of rotatable bonds is 5. The van der Waals surface area contributed by atoms with Crippen LogP contribution < -0.4 is 10.6 Å². The summed E-state index contributed by atoms with van der Waals surface area (Å²) in [4.78, 5) is 26.6. The van der Waals surface area contributed by atoms with Gasteiger partial charge in [0.25, 0.3) is 5.91 Å². The molecule has 2 aromatic rings. The molecule has 0 saturated carbocycles. The molecule has 0 unspecified atom stereocenters. The highest BCUT2D eigenvalue weighted by Gasteiger charge is 2.27. The van der Waals surface area contributed by atoms with Crippen molar-refractivity contribution in [2.24, 2.45) is 0 Å². The van der Waals surface area contributed by atoms with Crippen LogP contribution in [0.3, 0.4) is 0 Å². The summed E-state index contributed by atoms with van der Waals surface area (Å²) in [5.74, 6) is -1.96. The minimum absolute atomic E-state index is 0.0213. The summed E-state index contributed by atoms with van der Waals surface area (Å²) in [7, 11) is 0. The van der Waals surface area contributed by atoms with Crippen molar-refractivity contribution in [1.29, 1.82) is 0 Å². The number of carbonyl (C=O) groups excluding carboxylic acids is 1. The largest absolute Gasteiger partial charge is 0.477 e. The van der Waals surface area contributed by atoms with Crippen LogP contribution >= 0.6 is 0 Å². The van der Waals surface area contributed by atoms with Gasteiger partial charge < -0.3 is 15.7 Å². The smallest absolute Gasteiger partial charge is 0.405 e. The summed E-state index contributed by atoms with van der Waals surface area (Å²) in [6.07, 6.45) is -3.25. The number of para-hydroxylation sites is 2. The SMILES string of the molecule is O=C(Nc1ccccc1NCC(F)(F)F)c1ccnc(C(=O)O)c1. The molecule has 1 aromatic carbocycles. The van der Waals surface area contributed by atoms with Gasteiger partial charge in [0.05, 0.1) is 11.4 Å². The maximum absolute atomic E-state index is 12.3. The van der Waals surface area contributed by atoms with Crippen LogP contribution in [0.25, 0.3) is 0 Å². The molecule has 0 radical (unpaired) electrons. The van der Waals surface area contributed by atoms with E-state index in [-0.39, 0.29) is 22.6 Å². The average Bonchev–Trinajstić information content (AvgIpc) is 2.53. The number of hydrogen-bond acceptors (Lipinski definition) is 4. The number of benzene rings is 1. The molecule has 9 heteroatoms. The standard InChI is InChI=1S/C15H12F3N3O3/c16-15(17,18)8-20-10-3-1-2-4-11(10)21-13(22)9-5-6-19-12(7-9)14(23)24/h1-7,20H,8H2,(H,21,22)(H,23,24). The summed E-state index contributed by atoms with van der Waals surface area (Å²) in [6.45, 7) is -1.25. The third-order valence-electron chi connectivity index (χ3n) is 2.90. The van der Waals surface area contributed by atoms with E-state index in [9.17, 15) is 22.8 Å². The number of carboxylic acids is 1. The van der Waals surface area contributed by atoms with Gasteiger partial charge in [-0.3, -0.25) is 4.79 Å². The number of pyridine rings is 1. The molecular weight excluding hydrogens is 327 g/mol. The average molecular weight is 339 g/mol. The quantitative estimate of drug-likeness (QED) is 0.779. The van der Waals surface area contributed by atoms with E-state index in [0.29, 0.717) is 0 Å². The van der Waals surface area contributed by atoms with Crippen LogP contribution in [0.2, 0.25) is 0 Å².